The largest absolute Gasteiger partial charge is 0.409 e. The quantitative estimate of drug-likeness (QED) is 0.367. The Morgan fingerprint density at radius 3 is 2.94 bits per heavy atom. The van der Waals surface area contributed by atoms with E-state index in [-0.39, 0.29) is 5.84 Å². The van der Waals surface area contributed by atoms with Crippen LogP contribution in [0.15, 0.2) is 35.6 Å². The van der Waals surface area contributed by atoms with Crippen LogP contribution >= 0.6 is 0 Å². The summed E-state index contributed by atoms with van der Waals surface area (Å²) in [7, 11) is 0. The van der Waals surface area contributed by atoms with Gasteiger partial charge >= 0.3 is 0 Å². The van der Waals surface area contributed by atoms with Gasteiger partial charge in [-0.05, 0) is 30.7 Å². The van der Waals surface area contributed by atoms with Gasteiger partial charge in [-0.25, -0.2) is 0 Å². The molecule has 1 aromatic carbocycles. The molecule has 3 N–H and O–H groups in total. The van der Waals surface area contributed by atoms with Crippen LogP contribution in [0.4, 0.5) is 0 Å². The van der Waals surface area contributed by atoms with E-state index in [2.05, 4.69) is 28.9 Å². The number of oxime groups is 1. The van der Waals surface area contributed by atoms with Crippen molar-refractivity contribution in [3.05, 3.63) is 36.0 Å². The highest BCUT2D eigenvalue weighted by molar-refractivity contribution is 6.00. The van der Waals surface area contributed by atoms with Crippen molar-refractivity contribution in [1.29, 1.82) is 0 Å². The molecule has 1 heterocycles. The second-order valence-corrected chi connectivity index (χ2v) is 4.12. The minimum absolute atomic E-state index is 0.146. The Morgan fingerprint density at radius 2 is 2.24 bits per heavy atom. The van der Waals surface area contributed by atoms with E-state index in [0.717, 1.165) is 17.5 Å². The summed E-state index contributed by atoms with van der Waals surface area (Å²) in [6.07, 6.45) is 4.43. The Bertz CT molecular complexity index is 543. The lowest BCUT2D eigenvalue weighted by molar-refractivity contribution is 0.318. The Kier molecular flexibility index (Phi) is 3.32. The summed E-state index contributed by atoms with van der Waals surface area (Å²) in [5.74, 6) is 0.146. The minimum atomic E-state index is 0.146. The second kappa shape index (κ2) is 4.91. The van der Waals surface area contributed by atoms with Gasteiger partial charge in [-0.15, -0.1) is 0 Å². The minimum Gasteiger partial charge on any atom is -0.409 e. The first-order valence-corrected chi connectivity index (χ1v) is 5.83. The third-order valence-electron chi connectivity index (χ3n) is 2.93. The van der Waals surface area contributed by atoms with Crippen molar-refractivity contribution in [2.75, 3.05) is 0 Å². The molecule has 0 aliphatic heterocycles. The van der Waals surface area contributed by atoms with Gasteiger partial charge in [0.1, 0.15) is 0 Å². The molecule has 17 heavy (non-hydrogen) atoms. The predicted molar refractivity (Wildman–Crippen MR) is 69.4 cm³/mol. The number of rotatable bonds is 4. The first-order chi connectivity index (χ1) is 8.26. The second-order valence-electron chi connectivity index (χ2n) is 4.12. The van der Waals surface area contributed by atoms with Gasteiger partial charge in [-0.3, -0.25) is 0 Å². The lowest BCUT2D eigenvalue weighted by Gasteiger charge is -2.04. The lowest BCUT2D eigenvalue weighted by atomic mass is 10.1. The van der Waals surface area contributed by atoms with Crippen molar-refractivity contribution in [2.45, 2.75) is 26.3 Å². The van der Waals surface area contributed by atoms with E-state index in [1.165, 1.54) is 18.4 Å². The molecule has 2 rings (SSSR count). The van der Waals surface area contributed by atoms with Gasteiger partial charge < -0.3 is 15.5 Å². The van der Waals surface area contributed by atoms with Gasteiger partial charge in [0, 0.05) is 29.2 Å². The summed E-state index contributed by atoms with van der Waals surface area (Å²) in [5, 5.41) is 12.8. The fourth-order valence-corrected chi connectivity index (χ4v) is 1.94. The standard InChI is InChI=1S/C13H17N3O/c1-2-3-7-16-8-6-10-9-11(13(14)15-17)4-5-12(10)16/h4-6,8-9,17H,2-3,7H2,1H3,(H2,14,15). The molecule has 0 spiro atoms. The maximum absolute atomic E-state index is 8.64. The van der Waals surface area contributed by atoms with Crippen LogP contribution in [-0.2, 0) is 6.54 Å². The molecule has 0 aliphatic carbocycles. The maximum atomic E-state index is 8.64. The number of unbranched alkanes of at least 4 members (excludes halogenated alkanes) is 1. The summed E-state index contributed by atoms with van der Waals surface area (Å²) in [4.78, 5) is 0. The normalized spacial score (nSPS) is 12.2. The zero-order valence-corrected chi connectivity index (χ0v) is 9.93. The zero-order valence-electron chi connectivity index (χ0n) is 9.93. The molecule has 0 saturated heterocycles. The summed E-state index contributed by atoms with van der Waals surface area (Å²) in [6, 6.07) is 7.88. The number of amidine groups is 1. The number of nitrogens with zero attached hydrogens (tertiary/aromatic N) is 2. The van der Waals surface area contributed by atoms with Crippen LogP contribution in [0, 0.1) is 0 Å². The number of nitrogens with two attached hydrogens (primary N) is 1. The van der Waals surface area contributed by atoms with E-state index in [0.29, 0.717) is 0 Å². The monoisotopic (exact) mass is 231 g/mol. The Morgan fingerprint density at radius 1 is 1.41 bits per heavy atom. The lowest BCUT2D eigenvalue weighted by Crippen LogP contribution is -2.12. The van der Waals surface area contributed by atoms with E-state index in [4.69, 9.17) is 10.9 Å². The molecule has 0 saturated carbocycles. The highest BCUT2D eigenvalue weighted by Gasteiger charge is 2.04. The number of aryl methyl sites for hydroxylation is 1. The Balaban J connectivity index is 2.38. The number of hydrogen-bond donors (Lipinski definition) is 2. The van der Waals surface area contributed by atoms with Crippen LogP contribution in [0.5, 0.6) is 0 Å². The third kappa shape index (κ3) is 2.25. The van der Waals surface area contributed by atoms with Gasteiger partial charge in [0.05, 0.1) is 0 Å². The summed E-state index contributed by atoms with van der Waals surface area (Å²) < 4.78 is 2.23. The van der Waals surface area contributed by atoms with E-state index >= 15 is 0 Å². The summed E-state index contributed by atoms with van der Waals surface area (Å²) in [6.45, 7) is 3.21. The van der Waals surface area contributed by atoms with Gasteiger partial charge in [0.25, 0.3) is 0 Å². The molecule has 0 bridgehead atoms. The molecule has 0 unspecified atom stereocenters. The van der Waals surface area contributed by atoms with Crippen LogP contribution in [0.2, 0.25) is 0 Å². The van der Waals surface area contributed by atoms with Crippen molar-refractivity contribution in [2.24, 2.45) is 10.9 Å². The highest BCUT2D eigenvalue weighted by atomic mass is 16.4. The number of benzene rings is 1. The van der Waals surface area contributed by atoms with E-state index in [1.807, 2.05) is 18.2 Å². The first kappa shape index (κ1) is 11.5. The van der Waals surface area contributed by atoms with E-state index < -0.39 is 0 Å². The molecule has 1 aromatic heterocycles. The van der Waals surface area contributed by atoms with Gasteiger partial charge in [-0.2, -0.15) is 0 Å². The van der Waals surface area contributed by atoms with Crippen LogP contribution in [-0.4, -0.2) is 15.6 Å². The fraction of sp³-hybridized carbons (Fsp3) is 0.308. The van der Waals surface area contributed by atoms with E-state index in [9.17, 15) is 0 Å². The SMILES string of the molecule is CCCCn1ccc2cc(/C(N)=N/O)ccc21. The average molecular weight is 231 g/mol. The average Bonchev–Trinajstić information content (AvgIpc) is 2.77. The van der Waals surface area contributed by atoms with Crippen molar-refractivity contribution in [3.8, 4) is 0 Å². The highest BCUT2D eigenvalue weighted by Crippen LogP contribution is 2.18. The van der Waals surface area contributed by atoms with Crippen LogP contribution in [0.25, 0.3) is 10.9 Å². The van der Waals surface area contributed by atoms with E-state index in [1.54, 1.807) is 0 Å². The molecule has 2 aromatic rings. The third-order valence-corrected chi connectivity index (χ3v) is 2.93. The van der Waals surface area contributed by atoms with Gasteiger partial charge in [0.15, 0.2) is 5.84 Å². The maximum Gasteiger partial charge on any atom is 0.170 e. The van der Waals surface area contributed by atoms with Gasteiger partial charge in [0.2, 0.25) is 0 Å². The van der Waals surface area contributed by atoms with Crippen LogP contribution in [0.3, 0.4) is 0 Å². The van der Waals surface area contributed by atoms with Gasteiger partial charge in [-0.1, -0.05) is 18.5 Å². The topological polar surface area (TPSA) is 63.5 Å². The number of fused-ring (bicyclic) bond motifs is 1. The Hall–Kier alpha value is -1.97. The molecule has 90 valence electrons. The molecule has 4 nitrogen and oxygen atoms in total. The molecular weight excluding hydrogens is 214 g/mol. The van der Waals surface area contributed by atoms with Crippen molar-refractivity contribution >= 4 is 16.7 Å². The molecule has 4 heteroatoms. The molecule has 0 fully saturated rings. The predicted octanol–water partition coefficient (Wildman–Crippen LogP) is 2.54. The fourth-order valence-electron chi connectivity index (χ4n) is 1.94. The molecule has 0 amide bonds. The Labute approximate surface area is 100 Å². The number of hydrogen-bond acceptors (Lipinski definition) is 2. The van der Waals surface area contributed by atoms with Crippen LogP contribution < -0.4 is 5.73 Å². The molecule has 0 atom stereocenters. The molecule has 0 aliphatic rings. The summed E-state index contributed by atoms with van der Waals surface area (Å²) >= 11 is 0. The smallest absolute Gasteiger partial charge is 0.170 e. The van der Waals surface area contributed by atoms with Crippen molar-refractivity contribution < 1.29 is 5.21 Å². The zero-order chi connectivity index (χ0) is 12.3. The molecule has 0 radical (unpaired) electrons. The summed E-state index contributed by atoms with van der Waals surface area (Å²) in [5.41, 5.74) is 7.50. The molecular formula is C13H17N3O. The van der Waals surface area contributed by atoms with Crippen LogP contribution in [0.1, 0.15) is 25.3 Å². The first-order valence-electron chi connectivity index (χ1n) is 5.83. The van der Waals surface area contributed by atoms with Crippen molar-refractivity contribution in [3.63, 3.8) is 0 Å². The number of aromatic nitrogens is 1. The van der Waals surface area contributed by atoms with Crippen molar-refractivity contribution in [1.82, 2.24) is 4.57 Å².